The van der Waals surface area contributed by atoms with Gasteiger partial charge in [0.2, 0.25) is 5.22 Å². The lowest BCUT2D eigenvalue weighted by Crippen LogP contribution is -2.28. The zero-order chi connectivity index (χ0) is 15.0. The predicted octanol–water partition coefficient (Wildman–Crippen LogP) is 1.72. The van der Waals surface area contributed by atoms with Gasteiger partial charge in [-0.3, -0.25) is 14.4 Å². The molecule has 0 saturated carbocycles. The van der Waals surface area contributed by atoms with E-state index in [1.165, 1.54) is 18.4 Å². The van der Waals surface area contributed by atoms with Crippen molar-refractivity contribution in [3.8, 4) is 0 Å². The summed E-state index contributed by atoms with van der Waals surface area (Å²) >= 11 is 5.72. The maximum atomic E-state index is 12.0. The maximum Gasteiger partial charge on any atom is 0.314 e. The molecule has 0 spiro atoms. The molecule has 106 valence electrons. The van der Waals surface area contributed by atoms with Crippen molar-refractivity contribution in [1.29, 1.82) is 0 Å². The smallest absolute Gasteiger partial charge is 0.314 e. The summed E-state index contributed by atoms with van der Waals surface area (Å²) in [5, 5.41) is 2.61. The van der Waals surface area contributed by atoms with Crippen LogP contribution in [-0.2, 0) is 0 Å². The number of anilines is 1. The number of aromatic amines is 2. The Kier molecular flexibility index (Phi) is 3.11. The van der Waals surface area contributed by atoms with Crippen molar-refractivity contribution in [2.24, 2.45) is 0 Å². The molecule has 2 heterocycles. The maximum absolute atomic E-state index is 12.0. The Hall–Kier alpha value is -2.80. The Morgan fingerprint density at radius 1 is 1.10 bits per heavy atom. The molecule has 3 rings (SSSR count). The van der Waals surface area contributed by atoms with Gasteiger partial charge in [0.1, 0.15) is 0 Å². The molecule has 0 bridgehead atoms. The number of hydrogen-bond donors (Lipinski definition) is 3. The van der Waals surface area contributed by atoms with Gasteiger partial charge in [0.15, 0.2) is 0 Å². The van der Waals surface area contributed by atoms with Crippen LogP contribution < -0.4 is 16.4 Å². The first-order valence-electron chi connectivity index (χ1n) is 5.85. The van der Waals surface area contributed by atoms with Crippen molar-refractivity contribution in [3.05, 3.63) is 62.0 Å². The van der Waals surface area contributed by atoms with Gasteiger partial charge < -0.3 is 19.7 Å². The fraction of sp³-hybridized carbons (Fsp3) is 0. The summed E-state index contributed by atoms with van der Waals surface area (Å²) in [5.41, 5.74) is 0.00199. The van der Waals surface area contributed by atoms with E-state index >= 15 is 0 Å². The van der Waals surface area contributed by atoms with E-state index in [9.17, 15) is 14.4 Å². The molecule has 0 atom stereocenters. The zero-order valence-electron chi connectivity index (χ0n) is 10.4. The molecule has 3 N–H and O–H groups in total. The number of H-pyrrole nitrogens is 2. The number of fused-ring (bicyclic) bond motifs is 1. The standard InChI is InChI=1S/C13H8ClN3O4/c14-10-7(3-4-21-10)11(18)15-6-1-2-8-9(5-6)17-13(20)12(19)16-8/h1-5H,(H,15,18)(H,16,19)(H,17,20). The van der Waals surface area contributed by atoms with Crippen LogP contribution in [0.1, 0.15) is 10.4 Å². The largest absolute Gasteiger partial charge is 0.452 e. The summed E-state index contributed by atoms with van der Waals surface area (Å²) in [7, 11) is 0. The minimum Gasteiger partial charge on any atom is -0.452 e. The molecule has 3 aromatic rings. The highest BCUT2D eigenvalue weighted by molar-refractivity contribution is 6.32. The Balaban J connectivity index is 1.97. The van der Waals surface area contributed by atoms with Gasteiger partial charge in [0.05, 0.1) is 22.9 Å². The minimum atomic E-state index is -0.760. The van der Waals surface area contributed by atoms with Gasteiger partial charge in [-0.05, 0) is 35.9 Å². The Morgan fingerprint density at radius 3 is 2.48 bits per heavy atom. The highest BCUT2D eigenvalue weighted by Gasteiger charge is 2.13. The summed E-state index contributed by atoms with van der Waals surface area (Å²) in [4.78, 5) is 39.3. The van der Waals surface area contributed by atoms with Gasteiger partial charge in [-0.2, -0.15) is 0 Å². The molecule has 0 unspecified atom stereocenters. The molecule has 8 heteroatoms. The van der Waals surface area contributed by atoms with Gasteiger partial charge in [-0.1, -0.05) is 0 Å². The molecule has 0 saturated heterocycles. The fourth-order valence-corrected chi connectivity index (χ4v) is 2.05. The molecular formula is C13H8ClN3O4. The monoisotopic (exact) mass is 305 g/mol. The number of amides is 1. The van der Waals surface area contributed by atoms with Crippen molar-refractivity contribution in [1.82, 2.24) is 9.97 Å². The average molecular weight is 306 g/mol. The summed E-state index contributed by atoms with van der Waals surface area (Å²) in [6, 6.07) is 6.12. The van der Waals surface area contributed by atoms with Crippen LogP contribution >= 0.6 is 11.6 Å². The zero-order valence-corrected chi connectivity index (χ0v) is 11.2. The molecule has 0 aliphatic carbocycles. The second-order valence-electron chi connectivity index (χ2n) is 4.23. The third-order valence-electron chi connectivity index (χ3n) is 2.84. The number of carbonyl (C=O) groups is 1. The van der Waals surface area contributed by atoms with Gasteiger partial charge in [-0.25, -0.2) is 0 Å². The normalized spacial score (nSPS) is 10.7. The number of carbonyl (C=O) groups excluding carboxylic acids is 1. The van der Waals surface area contributed by atoms with Crippen molar-refractivity contribution in [3.63, 3.8) is 0 Å². The number of hydrogen-bond acceptors (Lipinski definition) is 4. The van der Waals surface area contributed by atoms with Crippen LogP contribution in [0.2, 0.25) is 5.22 Å². The van der Waals surface area contributed by atoms with Crippen LogP contribution in [0.5, 0.6) is 0 Å². The molecule has 1 amide bonds. The lowest BCUT2D eigenvalue weighted by Gasteiger charge is -2.05. The first kappa shape index (κ1) is 13.2. The molecule has 21 heavy (non-hydrogen) atoms. The van der Waals surface area contributed by atoms with Crippen molar-refractivity contribution >= 4 is 34.2 Å². The van der Waals surface area contributed by atoms with E-state index in [0.717, 1.165) is 0 Å². The summed E-state index contributed by atoms with van der Waals surface area (Å²) in [6.07, 6.45) is 1.31. The number of benzene rings is 1. The van der Waals surface area contributed by atoms with E-state index in [1.54, 1.807) is 12.1 Å². The average Bonchev–Trinajstić information content (AvgIpc) is 2.87. The van der Waals surface area contributed by atoms with Crippen molar-refractivity contribution in [2.75, 3.05) is 5.32 Å². The predicted molar refractivity (Wildman–Crippen MR) is 76.9 cm³/mol. The summed E-state index contributed by atoms with van der Waals surface area (Å²) in [6.45, 7) is 0. The van der Waals surface area contributed by atoms with Crippen molar-refractivity contribution in [2.45, 2.75) is 0 Å². The Morgan fingerprint density at radius 2 is 1.81 bits per heavy atom. The van der Waals surface area contributed by atoms with Gasteiger partial charge >= 0.3 is 11.1 Å². The van der Waals surface area contributed by atoms with Crippen molar-refractivity contribution < 1.29 is 9.21 Å². The molecule has 0 aliphatic heterocycles. The summed E-state index contributed by atoms with van der Waals surface area (Å²) < 4.78 is 4.84. The molecule has 7 nitrogen and oxygen atoms in total. The summed E-state index contributed by atoms with van der Waals surface area (Å²) in [5.74, 6) is -0.445. The van der Waals surface area contributed by atoms with Crippen LogP contribution in [0.25, 0.3) is 11.0 Å². The molecule has 0 aliphatic rings. The third kappa shape index (κ3) is 2.46. The van der Waals surface area contributed by atoms with E-state index in [0.29, 0.717) is 16.7 Å². The lowest BCUT2D eigenvalue weighted by atomic mass is 10.2. The van der Waals surface area contributed by atoms with Gasteiger partial charge in [0, 0.05) is 5.69 Å². The molecular weight excluding hydrogens is 298 g/mol. The number of nitrogens with one attached hydrogen (secondary N) is 3. The minimum absolute atomic E-state index is 0.00831. The van der Waals surface area contributed by atoms with E-state index in [1.807, 2.05) is 0 Å². The van der Waals surface area contributed by atoms with Crippen LogP contribution in [-0.4, -0.2) is 15.9 Å². The van der Waals surface area contributed by atoms with Crippen LogP contribution in [0, 0.1) is 0 Å². The van der Waals surface area contributed by atoms with Crippen LogP contribution in [0.15, 0.2) is 44.5 Å². The molecule has 0 radical (unpaired) electrons. The first-order valence-corrected chi connectivity index (χ1v) is 6.23. The molecule has 1 aromatic carbocycles. The van der Waals surface area contributed by atoms with Gasteiger partial charge in [0.25, 0.3) is 5.91 Å². The quantitative estimate of drug-likeness (QED) is 0.626. The number of rotatable bonds is 2. The number of furan rings is 1. The van der Waals surface area contributed by atoms with Crippen LogP contribution in [0.4, 0.5) is 5.69 Å². The third-order valence-corrected chi connectivity index (χ3v) is 3.14. The highest BCUT2D eigenvalue weighted by Crippen LogP contribution is 2.19. The molecule has 0 fully saturated rings. The van der Waals surface area contributed by atoms with E-state index in [4.69, 9.17) is 16.0 Å². The van der Waals surface area contributed by atoms with Gasteiger partial charge in [-0.15, -0.1) is 0 Å². The van der Waals surface area contributed by atoms with E-state index < -0.39 is 17.0 Å². The Bertz CT molecular complexity index is 954. The number of halogens is 1. The second-order valence-corrected chi connectivity index (χ2v) is 4.57. The topological polar surface area (TPSA) is 108 Å². The lowest BCUT2D eigenvalue weighted by molar-refractivity contribution is 0.102. The Labute approximate surface area is 121 Å². The number of aromatic nitrogens is 2. The van der Waals surface area contributed by atoms with Crippen LogP contribution in [0.3, 0.4) is 0 Å². The van der Waals surface area contributed by atoms with E-state index in [2.05, 4.69) is 15.3 Å². The highest BCUT2D eigenvalue weighted by atomic mass is 35.5. The molecule has 2 aromatic heterocycles. The van der Waals surface area contributed by atoms with E-state index in [-0.39, 0.29) is 10.8 Å². The second kappa shape index (κ2) is 4.95. The SMILES string of the molecule is O=C(Nc1ccc2[nH]c(=O)c(=O)[nH]c2c1)c1ccoc1Cl. The first-order chi connectivity index (χ1) is 10.0. The fourth-order valence-electron chi connectivity index (χ4n) is 1.85.